The molecule has 2 aliphatic rings. The van der Waals surface area contributed by atoms with Crippen molar-refractivity contribution in [2.75, 3.05) is 26.7 Å². The minimum atomic E-state index is -0.538. The first-order valence-corrected chi connectivity index (χ1v) is 8.90. The monoisotopic (exact) mass is 350 g/mol. The van der Waals surface area contributed by atoms with E-state index in [1.54, 1.807) is 16.0 Å². The van der Waals surface area contributed by atoms with Crippen LogP contribution in [-0.2, 0) is 4.79 Å². The van der Waals surface area contributed by atoms with Crippen molar-refractivity contribution < 1.29 is 9.59 Å². The third-order valence-electron chi connectivity index (χ3n) is 5.70. The Kier molecular flexibility index (Phi) is 3.98. The molecule has 6 heteroatoms. The molecule has 1 aromatic carbocycles. The van der Waals surface area contributed by atoms with Gasteiger partial charge in [0.15, 0.2) is 0 Å². The first-order valence-electron chi connectivity index (χ1n) is 8.90. The largest absolute Gasteiger partial charge is 0.345 e. The van der Waals surface area contributed by atoms with Gasteiger partial charge in [0.2, 0.25) is 5.91 Å². The summed E-state index contributed by atoms with van der Waals surface area (Å²) in [6.45, 7) is 3.53. The van der Waals surface area contributed by atoms with E-state index in [-0.39, 0.29) is 17.7 Å². The molecule has 0 aliphatic carbocycles. The molecule has 1 spiro atoms. The minimum absolute atomic E-state index is 0.00325. The number of hydrogen-bond donors (Lipinski definition) is 0. The zero-order valence-electron chi connectivity index (χ0n) is 15.1. The lowest BCUT2D eigenvalue weighted by Gasteiger charge is -2.28. The van der Waals surface area contributed by atoms with Crippen molar-refractivity contribution in [2.24, 2.45) is 5.41 Å². The first-order chi connectivity index (χ1) is 12.5. The van der Waals surface area contributed by atoms with Crippen molar-refractivity contribution in [1.29, 1.82) is 0 Å². The molecule has 0 N–H and O–H groups in total. The zero-order valence-corrected chi connectivity index (χ0v) is 15.1. The van der Waals surface area contributed by atoms with Crippen LogP contribution in [0.5, 0.6) is 0 Å². The normalized spacial score (nSPS) is 25.3. The van der Waals surface area contributed by atoms with Crippen molar-refractivity contribution in [3.63, 3.8) is 0 Å². The number of benzene rings is 1. The van der Waals surface area contributed by atoms with Crippen LogP contribution >= 0.6 is 0 Å². The van der Waals surface area contributed by atoms with Crippen LogP contribution in [0.25, 0.3) is 0 Å². The van der Waals surface area contributed by atoms with Gasteiger partial charge in [-0.15, -0.1) is 0 Å². The predicted octanol–water partition coefficient (Wildman–Crippen LogP) is 1.87. The SMILES string of the molecule is Cc1cnc(C(=O)N2C[C@H](c3ccccc3)[C@]3(CCN(C)C3=O)C2)cn1. The Balaban J connectivity index is 1.69. The standard InChI is InChI=1S/C20H22N4O2/c1-14-10-22-17(11-21-14)18(25)24-12-16(15-6-4-3-5-7-15)20(13-24)8-9-23(2)19(20)26/h3-7,10-11,16H,8-9,12-13H2,1-2H3/t16-,20+/m1/s1. The van der Waals surface area contributed by atoms with Gasteiger partial charge in [-0.2, -0.15) is 0 Å². The van der Waals surface area contributed by atoms with Crippen molar-refractivity contribution in [3.05, 3.63) is 59.7 Å². The molecule has 0 radical (unpaired) electrons. The van der Waals surface area contributed by atoms with E-state index in [0.717, 1.165) is 24.2 Å². The number of likely N-dealkylation sites (tertiary alicyclic amines) is 2. The van der Waals surface area contributed by atoms with Gasteiger partial charge in [0.05, 0.1) is 17.3 Å². The molecule has 1 aromatic heterocycles. The van der Waals surface area contributed by atoms with E-state index < -0.39 is 5.41 Å². The van der Waals surface area contributed by atoms with Crippen molar-refractivity contribution in [2.45, 2.75) is 19.3 Å². The van der Waals surface area contributed by atoms with Gasteiger partial charge in [-0.3, -0.25) is 14.6 Å². The second-order valence-corrected chi connectivity index (χ2v) is 7.32. The average molecular weight is 350 g/mol. The number of rotatable bonds is 2. The molecule has 2 aliphatic heterocycles. The van der Waals surface area contributed by atoms with Crippen LogP contribution in [0.4, 0.5) is 0 Å². The summed E-state index contributed by atoms with van der Waals surface area (Å²) < 4.78 is 0. The molecule has 0 unspecified atom stereocenters. The number of hydrogen-bond acceptors (Lipinski definition) is 4. The summed E-state index contributed by atoms with van der Waals surface area (Å²) >= 11 is 0. The Morgan fingerprint density at radius 1 is 1.19 bits per heavy atom. The summed E-state index contributed by atoms with van der Waals surface area (Å²) in [5.74, 6) is -0.0159. The van der Waals surface area contributed by atoms with Gasteiger partial charge in [0.1, 0.15) is 5.69 Å². The van der Waals surface area contributed by atoms with Gasteiger partial charge in [-0.05, 0) is 18.9 Å². The number of aryl methyl sites for hydroxylation is 1. The Morgan fingerprint density at radius 2 is 1.96 bits per heavy atom. The fraction of sp³-hybridized carbons (Fsp3) is 0.400. The molecule has 2 fully saturated rings. The summed E-state index contributed by atoms with van der Waals surface area (Å²) in [6, 6.07) is 10.1. The van der Waals surface area contributed by atoms with E-state index in [1.165, 1.54) is 6.20 Å². The van der Waals surface area contributed by atoms with Gasteiger partial charge in [-0.1, -0.05) is 30.3 Å². The van der Waals surface area contributed by atoms with Crippen molar-refractivity contribution in [3.8, 4) is 0 Å². The third kappa shape index (κ3) is 2.57. The number of carbonyl (C=O) groups is 2. The van der Waals surface area contributed by atoms with Crippen LogP contribution < -0.4 is 0 Å². The molecular weight excluding hydrogens is 328 g/mol. The lowest BCUT2D eigenvalue weighted by atomic mass is 9.73. The van der Waals surface area contributed by atoms with E-state index in [4.69, 9.17) is 0 Å². The summed E-state index contributed by atoms with van der Waals surface area (Å²) in [7, 11) is 1.84. The number of nitrogens with zero attached hydrogens (tertiary/aromatic N) is 4. The van der Waals surface area contributed by atoms with E-state index in [1.807, 2.05) is 32.2 Å². The molecule has 26 heavy (non-hydrogen) atoms. The van der Waals surface area contributed by atoms with Crippen LogP contribution in [-0.4, -0.2) is 58.3 Å². The first kappa shape index (κ1) is 16.7. The molecule has 134 valence electrons. The summed E-state index contributed by atoms with van der Waals surface area (Å²) in [4.78, 5) is 37.9. The zero-order chi connectivity index (χ0) is 18.3. The maximum absolute atomic E-state index is 13.0. The highest BCUT2D eigenvalue weighted by Gasteiger charge is 2.57. The molecule has 2 saturated heterocycles. The van der Waals surface area contributed by atoms with Crippen molar-refractivity contribution >= 4 is 11.8 Å². The summed E-state index contributed by atoms with van der Waals surface area (Å²) in [5, 5.41) is 0. The van der Waals surface area contributed by atoms with Crippen LogP contribution in [0, 0.1) is 12.3 Å². The maximum atomic E-state index is 13.0. The van der Waals surface area contributed by atoms with Crippen LogP contribution in [0.3, 0.4) is 0 Å². The van der Waals surface area contributed by atoms with Gasteiger partial charge in [0, 0.05) is 38.8 Å². The highest BCUT2D eigenvalue weighted by atomic mass is 16.2. The molecular formula is C20H22N4O2. The van der Waals surface area contributed by atoms with E-state index in [0.29, 0.717) is 18.8 Å². The maximum Gasteiger partial charge on any atom is 0.274 e. The molecule has 6 nitrogen and oxygen atoms in total. The molecule has 2 aromatic rings. The lowest BCUT2D eigenvalue weighted by molar-refractivity contribution is -0.134. The fourth-order valence-corrected chi connectivity index (χ4v) is 4.27. The smallest absolute Gasteiger partial charge is 0.274 e. The Hall–Kier alpha value is -2.76. The molecule has 2 atom stereocenters. The summed E-state index contributed by atoms with van der Waals surface area (Å²) in [5.41, 5.74) is 1.68. The Labute approximate surface area is 152 Å². The van der Waals surface area contributed by atoms with Gasteiger partial charge in [-0.25, -0.2) is 4.98 Å². The average Bonchev–Trinajstić information content (AvgIpc) is 3.19. The highest BCUT2D eigenvalue weighted by molar-refractivity contribution is 5.94. The molecule has 0 saturated carbocycles. The number of carbonyl (C=O) groups excluding carboxylic acids is 2. The predicted molar refractivity (Wildman–Crippen MR) is 96.5 cm³/mol. The number of amides is 2. The quantitative estimate of drug-likeness (QED) is 0.829. The molecule has 3 heterocycles. The number of aromatic nitrogens is 2. The second-order valence-electron chi connectivity index (χ2n) is 7.32. The third-order valence-corrected chi connectivity index (χ3v) is 5.70. The van der Waals surface area contributed by atoms with Crippen LogP contribution in [0.1, 0.15) is 34.1 Å². The molecule has 2 amide bonds. The Morgan fingerprint density at radius 3 is 2.58 bits per heavy atom. The van der Waals surface area contributed by atoms with E-state index in [2.05, 4.69) is 22.1 Å². The van der Waals surface area contributed by atoms with Crippen molar-refractivity contribution in [1.82, 2.24) is 19.8 Å². The van der Waals surface area contributed by atoms with E-state index in [9.17, 15) is 9.59 Å². The second kappa shape index (κ2) is 6.20. The topological polar surface area (TPSA) is 66.4 Å². The lowest BCUT2D eigenvalue weighted by Crippen LogP contribution is -2.39. The van der Waals surface area contributed by atoms with Crippen LogP contribution in [0.2, 0.25) is 0 Å². The summed E-state index contributed by atoms with van der Waals surface area (Å²) in [6.07, 6.45) is 3.89. The molecule has 4 rings (SSSR count). The van der Waals surface area contributed by atoms with Gasteiger partial charge >= 0.3 is 0 Å². The van der Waals surface area contributed by atoms with Crippen LogP contribution in [0.15, 0.2) is 42.7 Å². The van der Waals surface area contributed by atoms with Gasteiger partial charge < -0.3 is 9.80 Å². The van der Waals surface area contributed by atoms with Gasteiger partial charge in [0.25, 0.3) is 5.91 Å². The Bertz CT molecular complexity index is 837. The fourth-order valence-electron chi connectivity index (χ4n) is 4.27. The van der Waals surface area contributed by atoms with E-state index >= 15 is 0 Å². The minimum Gasteiger partial charge on any atom is -0.345 e. The highest BCUT2D eigenvalue weighted by Crippen LogP contribution is 2.49. The molecule has 0 bridgehead atoms.